The molecule has 0 saturated carbocycles. The van der Waals surface area contributed by atoms with E-state index in [0.717, 1.165) is 26.2 Å². The van der Waals surface area contributed by atoms with Crippen LogP contribution in [0.5, 0.6) is 0 Å². The van der Waals surface area contributed by atoms with Gasteiger partial charge in [-0.2, -0.15) is 0 Å². The molecule has 0 unspecified atom stereocenters. The SMILES string of the molecule is C1=N[N]2Cc3ccccc3C[N]3N=C[N](Cc4ccccc4C[N]1[Ge]2)[Ge]3. The van der Waals surface area contributed by atoms with Crippen molar-refractivity contribution in [2.75, 3.05) is 0 Å². The Morgan fingerprint density at radius 1 is 0.577 bits per heavy atom. The number of nitrogens with zero attached hydrogens (tertiary/aromatic N) is 6. The molecule has 3 heterocycles. The second-order valence-corrected chi connectivity index (χ2v) is 12.0. The minimum absolute atomic E-state index is 0.429. The third-order valence-corrected chi connectivity index (χ3v) is 9.05. The predicted molar refractivity (Wildman–Crippen MR) is 104 cm³/mol. The molecule has 0 amide bonds. The summed E-state index contributed by atoms with van der Waals surface area (Å²) >= 11 is -0.857. The van der Waals surface area contributed by atoms with E-state index in [1.54, 1.807) is 0 Å². The number of hydrazone groups is 2. The van der Waals surface area contributed by atoms with Crippen LogP contribution >= 0.6 is 0 Å². The van der Waals surface area contributed by atoms with E-state index in [-0.39, 0.29) is 0 Å². The Morgan fingerprint density at radius 2 is 0.962 bits per heavy atom. The van der Waals surface area contributed by atoms with Gasteiger partial charge in [0.25, 0.3) is 0 Å². The quantitative estimate of drug-likeness (QED) is 0.557. The summed E-state index contributed by atoms with van der Waals surface area (Å²) in [5.41, 5.74) is 5.54. The molecular formula is C18H18Ge2N6. The molecule has 0 atom stereocenters. The molecule has 0 aliphatic carbocycles. The first-order valence-corrected chi connectivity index (χ1v) is 12.4. The molecule has 4 radical (unpaired) electrons. The Bertz CT molecular complexity index is 733. The van der Waals surface area contributed by atoms with E-state index in [4.69, 9.17) is 0 Å². The standard InChI is InChI=1S/C18H18Ge2N6/c1-2-6-16-10-24-14-22-26(20-24)12-18-8-4-3-7-17(18)11-25-19-23(13-21-25)9-15(16)5-1/h1-8,13-14H,9-12H2. The molecule has 0 spiro atoms. The van der Waals surface area contributed by atoms with Gasteiger partial charge in [-0.25, -0.2) is 0 Å². The Morgan fingerprint density at radius 3 is 1.38 bits per heavy atom. The van der Waals surface area contributed by atoms with Gasteiger partial charge >= 0.3 is 167 Å². The zero-order chi connectivity index (χ0) is 17.3. The van der Waals surface area contributed by atoms with E-state index in [1.165, 1.54) is 22.3 Å². The second-order valence-electron chi connectivity index (χ2n) is 6.57. The van der Waals surface area contributed by atoms with Crippen LogP contribution < -0.4 is 0 Å². The minimum atomic E-state index is -0.429. The van der Waals surface area contributed by atoms with E-state index in [0.29, 0.717) is 0 Å². The summed E-state index contributed by atoms with van der Waals surface area (Å²) in [6.45, 7) is 3.69. The normalized spacial score (nSPS) is 18.8. The van der Waals surface area contributed by atoms with Crippen LogP contribution in [0.25, 0.3) is 0 Å². The van der Waals surface area contributed by atoms with E-state index < -0.39 is 31.8 Å². The van der Waals surface area contributed by atoms with Gasteiger partial charge in [0, 0.05) is 0 Å². The number of rotatable bonds is 0. The number of benzene rings is 2. The molecule has 2 aromatic rings. The third kappa shape index (κ3) is 3.35. The maximum absolute atomic E-state index is 4.67. The van der Waals surface area contributed by atoms with Gasteiger partial charge in [0.15, 0.2) is 0 Å². The molecule has 3 aliphatic rings. The Labute approximate surface area is 167 Å². The van der Waals surface area contributed by atoms with Crippen LogP contribution in [-0.4, -0.2) is 60.1 Å². The summed E-state index contributed by atoms with van der Waals surface area (Å²) in [4.78, 5) is 0. The van der Waals surface area contributed by atoms with Crippen LogP contribution in [0.15, 0.2) is 58.7 Å². The van der Waals surface area contributed by atoms with Crippen molar-refractivity contribution in [2.24, 2.45) is 10.2 Å². The van der Waals surface area contributed by atoms with Crippen LogP contribution in [0, 0.1) is 0 Å². The van der Waals surface area contributed by atoms with Gasteiger partial charge in [0.2, 0.25) is 0 Å². The fourth-order valence-electron chi connectivity index (χ4n) is 3.38. The molecule has 0 fully saturated rings. The number of hydrogen-bond acceptors (Lipinski definition) is 6. The van der Waals surface area contributed by atoms with Crippen molar-refractivity contribution < 1.29 is 0 Å². The third-order valence-electron chi connectivity index (χ3n) is 4.71. The van der Waals surface area contributed by atoms with Crippen LogP contribution in [0.4, 0.5) is 0 Å². The molecule has 0 aromatic heterocycles. The Balaban J connectivity index is 1.48. The summed E-state index contributed by atoms with van der Waals surface area (Å²) in [6.07, 6.45) is 4.06. The van der Waals surface area contributed by atoms with Crippen molar-refractivity contribution >= 4 is 44.4 Å². The summed E-state index contributed by atoms with van der Waals surface area (Å²) < 4.78 is 9.36. The average Bonchev–Trinajstić information content (AvgIpc) is 3.27. The van der Waals surface area contributed by atoms with E-state index in [1.807, 2.05) is 12.7 Å². The van der Waals surface area contributed by atoms with Crippen LogP contribution in [0.1, 0.15) is 22.3 Å². The summed E-state index contributed by atoms with van der Waals surface area (Å²) in [5.74, 6) is 0. The van der Waals surface area contributed by atoms with Gasteiger partial charge in [-0.05, 0) is 0 Å². The van der Waals surface area contributed by atoms with Gasteiger partial charge in [-0.15, -0.1) is 0 Å². The Hall–Kier alpha value is -1.93. The summed E-state index contributed by atoms with van der Waals surface area (Å²) in [5, 5.41) is 9.35. The number of fused-ring (bicyclic) bond motifs is 6. The molecule has 3 aliphatic heterocycles. The van der Waals surface area contributed by atoms with Gasteiger partial charge in [-0.3, -0.25) is 0 Å². The van der Waals surface area contributed by atoms with Crippen molar-refractivity contribution in [3.63, 3.8) is 0 Å². The van der Waals surface area contributed by atoms with E-state index >= 15 is 0 Å². The molecule has 26 heavy (non-hydrogen) atoms. The number of hydrogen-bond donors (Lipinski definition) is 0. The van der Waals surface area contributed by atoms with Crippen molar-refractivity contribution in [3.05, 3.63) is 70.8 Å². The van der Waals surface area contributed by atoms with E-state index in [2.05, 4.69) is 74.4 Å². The maximum atomic E-state index is 4.67. The fraction of sp³-hybridized carbons (Fsp3) is 0.222. The van der Waals surface area contributed by atoms with Crippen LogP contribution in [0.3, 0.4) is 0 Å². The van der Waals surface area contributed by atoms with Crippen LogP contribution in [0.2, 0.25) is 0 Å². The molecule has 4 bridgehead atoms. The molecule has 128 valence electrons. The molecular weight excluding hydrogens is 445 g/mol. The monoisotopic (exact) mass is 466 g/mol. The summed E-state index contributed by atoms with van der Waals surface area (Å²) in [6, 6.07) is 17.5. The van der Waals surface area contributed by atoms with Gasteiger partial charge in [0.1, 0.15) is 0 Å². The molecule has 0 N–H and O–H groups in total. The molecule has 0 saturated heterocycles. The first-order valence-electron chi connectivity index (χ1n) is 8.66. The topological polar surface area (TPSA) is 37.7 Å². The van der Waals surface area contributed by atoms with Gasteiger partial charge in [-0.1, -0.05) is 0 Å². The molecule has 8 heteroatoms. The molecule has 5 rings (SSSR count). The second kappa shape index (κ2) is 7.00. The first kappa shape index (κ1) is 16.3. The van der Waals surface area contributed by atoms with Crippen molar-refractivity contribution in [2.45, 2.75) is 26.2 Å². The molecule has 2 aromatic carbocycles. The first-order chi connectivity index (χ1) is 12.8. The van der Waals surface area contributed by atoms with Gasteiger partial charge < -0.3 is 0 Å². The van der Waals surface area contributed by atoms with E-state index in [9.17, 15) is 0 Å². The zero-order valence-electron chi connectivity index (χ0n) is 14.3. The fourth-order valence-corrected chi connectivity index (χ4v) is 7.51. The van der Waals surface area contributed by atoms with Crippen molar-refractivity contribution in [3.8, 4) is 0 Å². The van der Waals surface area contributed by atoms with Gasteiger partial charge in [0.05, 0.1) is 0 Å². The van der Waals surface area contributed by atoms with Crippen LogP contribution in [-0.2, 0) is 26.2 Å². The van der Waals surface area contributed by atoms with Crippen molar-refractivity contribution in [1.82, 2.24) is 15.6 Å². The Kier molecular flexibility index (Phi) is 4.37. The average molecular weight is 464 g/mol. The zero-order valence-corrected chi connectivity index (χ0v) is 18.5. The summed E-state index contributed by atoms with van der Waals surface area (Å²) in [7, 11) is 0. The van der Waals surface area contributed by atoms with Crippen molar-refractivity contribution in [1.29, 1.82) is 0 Å². The molecule has 6 nitrogen and oxygen atoms in total. The predicted octanol–water partition coefficient (Wildman–Crippen LogP) is 1.59.